The summed E-state index contributed by atoms with van der Waals surface area (Å²) in [6.07, 6.45) is 5.77. The topological polar surface area (TPSA) is 57.5 Å². The summed E-state index contributed by atoms with van der Waals surface area (Å²) in [5.41, 5.74) is -0.500. The maximum absolute atomic E-state index is 13.8. The number of aliphatic hydroxyl groups excluding tert-OH is 2. The quantitative estimate of drug-likeness (QED) is 0.495. The average Bonchev–Trinajstić information content (AvgIpc) is 2.88. The van der Waals surface area contributed by atoms with Gasteiger partial charge in [-0.05, 0) is 53.9 Å². The average molecular weight is 389 g/mol. The molecular formula is C25H40O3. The minimum atomic E-state index is -0.643. The van der Waals surface area contributed by atoms with E-state index in [1.54, 1.807) is 0 Å². The van der Waals surface area contributed by atoms with E-state index in [9.17, 15) is 15.0 Å². The Bertz CT molecular complexity index is 701. The molecule has 2 bridgehead atoms. The highest BCUT2D eigenvalue weighted by molar-refractivity contribution is 6.01. The summed E-state index contributed by atoms with van der Waals surface area (Å²) in [5, 5.41) is 22.9. The Morgan fingerprint density at radius 1 is 1.18 bits per heavy atom. The molecule has 0 aromatic heterocycles. The summed E-state index contributed by atoms with van der Waals surface area (Å²) in [5.74, 6) is 0.209. The second kappa shape index (κ2) is 6.54. The number of carbonyl (C=O) groups excluding carboxylic acids is 1. The van der Waals surface area contributed by atoms with Gasteiger partial charge in [-0.1, -0.05) is 60.6 Å². The van der Waals surface area contributed by atoms with Crippen LogP contribution in [0.3, 0.4) is 0 Å². The highest BCUT2D eigenvalue weighted by atomic mass is 16.3. The van der Waals surface area contributed by atoms with E-state index < -0.39 is 23.0 Å². The molecule has 0 spiro atoms. The Balaban J connectivity index is 2.25. The number of allylic oxidation sites excluding steroid dienone is 2. The van der Waals surface area contributed by atoms with E-state index in [1.807, 2.05) is 13.0 Å². The maximum atomic E-state index is 13.8. The summed E-state index contributed by atoms with van der Waals surface area (Å²) in [7, 11) is 0. The third-order valence-electron chi connectivity index (χ3n) is 8.88. The molecule has 0 amide bonds. The van der Waals surface area contributed by atoms with Gasteiger partial charge in [-0.3, -0.25) is 4.79 Å². The lowest BCUT2D eigenvalue weighted by Gasteiger charge is -2.61. The molecule has 0 aromatic rings. The zero-order chi connectivity index (χ0) is 21.3. The lowest BCUT2D eigenvalue weighted by molar-refractivity contribution is -0.191. The molecule has 0 unspecified atom stereocenters. The van der Waals surface area contributed by atoms with Crippen molar-refractivity contribution in [3.63, 3.8) is 0 Å². The SMILES string of the molecule is C=C[C@]1(C)C[C@@H](O)[C@]2(C)[C@H](C)CC[C@]3(C/C(=C\C(C)(C)C)C(=O)[C@H]32)[C@@H](C)[C@@H]1O. The number of hydrogen-bond acceptors (Lipinski definition) is 3. The highest BCUT2D eigenvalue weighted by Crippen LogP contribution is 2.68. The fraction of sp³-hybridized carbons (Fsp3) is 0.800. The monoisotopic (exact) mass is 388 g/mol. The van der Waals surface area contributed by atoms with Crippen LogP contribution in [0.2, 0.25) is 0 Å². The molecule has 0 aliphatic heterocycles. The molecule has 0 heterocycles. The third kappa shape index (κ3) is 2.88. The first kappa shape index (κ1) is 21.8. The van der Waals surface area contributed by atoms with Crippen molar-refractivity contribution >= 4 is 5.78 Å². The van der Waals surface area contributed by atoms with Crippen LogP contribution in [-0.4, -0.2) is 28.2 Å². The molecule has 28 heavy (non-hydrogen) atoms. The second-order valence-electron chi connectivity index (χ2n) is 11.7. The lowest BCUT2D eigenvalue weighted by Crippen LogP contribution is -2.62. The zero-order valence-corrected chi connectivity index (χ0v) is 18.9. The van der Waals surface area contributed by atoms with Crippen LogP contribution in [0.4, 0.5) is 0 Å². The lowest BCUT2D eigenvalue weighted by atomic mass is 9.44. The fourth-order valence-corrected chi connectivity index (χ4v) is 6.87. The smallest absolute Gasteiger partial charge is 0.162 e. The summed E-state index contributed by atoms with van der Waals surface area (Å²) < 4.78 is 0. The first-order chi connectivity index (χ1) is 12.7. The van der Waals surface area contributed by atoms with Gasteiger partial charge in [-0.25, -0.2) is 0 Å². The van der Waals surface area contributed by atoms with Crippen molar-refractivity contribution in [1.82, 2.24) is 0 Å². The van der Waals surface area contributed by atoms with Crippen LogP contribution in [0.5, 0.6) is 0 Å². The van der Waals surface area contributed by atoms with Crippen molar-refractivity contribution in [3.8, 4) is 0 Å². The van der Waals surface area contributed by atoms with E-state index in [0.717, 1.165) is 18.4 Å². The van der Waals surface area contributed by atoms with Crippen LogP contribution in [0.15, 0.2) is 24.3 Å². The third-order valence-corrected chi connectivity index (χ3v) is 8.88. The first-order valence-corrected chi connectivity index (χ1v) is 11.0. The number of aliphatic hydroxyl groups is 2. The van der Waals surface area contributed by atoms with Gasteiger partial charge in [0.15, 0.2) is 5.78 Å². The van der Waals surface area contributed by atoms with Crippen molar-refractivity contribution in [3.05, 3.63) is 24.3 Å². The number of rotatable bonds is 1. The predicted octanol–water partition coefficient (Wildman–Crippen LogP) is 4.92. The molecule has 3 aliphatic rings. The van der Waals surface area contributed by atoms with Crippen LogP contribution in [0.1, 0.15) is 74.1 Å². The van der Waals surface area contributed by atoms with Gasteiger partial charge < -0.3 is 10.2 Å². The molecule has 3 fully saturated rings. The number of carbonyl (C=O) groups is 1. The molecule has 3 aliphatic carbocycles. The van der Waals surface area contributed by atoms with Crippen molar-refractivity contribution < 1.29 is 15.0 Å². The van der Waals surface area contributed by atoms with Gasteiger partial charge in [0.05, 0.1) is 12.2 Å². The van der Waals surface area contributed by atoms with Crippen LogP contribution in [-0.2, 0) is 4.79 Å². The second-order valence-corrected chi connectivity index (χ2v) is 11.7. The van der Waals surface area contributed by atoms with Crippen molar-refractivity contribution in [2.24, 2.45) is 39.4 Å². The van der Waals surface area contributed by atoms with Gasteiger partial charge >= 0.3 is 0 Å². The van der Waals surface area contributed by atoms with E-state index in [4.69, 9.17) is 0 Å². The van der Waals surface area contributed by atoms with Gasteiger partial charge in [-0.15, -0.1) is 6.58 Å². The zero-order valence-electron chi connectivity index (χ0n) is 18.9. The summed E-state index contributed by atoms with van der Waals surface area (Å²) in [6.45, 7) is 18.8. The summed E-state index contributed by atoms with van der Waals surface area (Å²) in [4.78, 5) is 13.8. The Kier molecular flexibility index (Phi) is 5.08. The summed E-state index contributed by atoms with van der Waals surface area (Å²) >= 11 is 0. The Hall–Kier alpha value is -0.930. The minimum Gasteiger partial charge on any atom is -0.392 e. The number of hydrogen-bond donors (Lipinski definition) is 2. The van der Waals surface area contributed by atoms with Crippen LogP contribution in [0.25, 0.3) is 0 Å². The molecule has 158 valence electrons. The molecule has 3 rings (SSSR count). The molecule has 2 N–H and O–H groups in total. The van der Waals surface area contributed by atoms with E-state index in [-0.39, 0.29) is 34.4 Å². The van der Waals surface area contributed by atoms with Crippen LogP contribution in [0, 0.1) is 39.4 Å². The Morgan fingerprint density at radius 2 is 1.79 bits per heavy atom. The van der Waals surface area contributed by atoms with Gasteiger partial charge in [0.25, 0.3) is 0 Å². The van der Waals surface area contributed by atoms with E-state index in [1.165, 1.54) is 0 Å². The van der Waals surface area contributed by atoms with E-state index in [0.29, 0.717) is 12.8 Å². The predicted molar refractivity (Wildman–Crippen MR) is 114 cm³/mol. The molecule has 0 radical (unpaired) electrons. The van der Waals surface area contributed by atoms with E-state index >= 15 is 0 Å². The van der Waals surface area contributed by atoms with Crippen molar-refractivity contribution in [2.45, 2.75) is 86.4 Å². The van der Waals surface area contributed by atoms with Gasteiger partial charge in [-0.2, -0.15) is 0 Å². The molecule has 3 heteroatoms. The number of ketones is 1. The Morgan fingerprint density at radius 3 is 2.32 bits per heavy atom. The van der Waals surface area contributed by atoms with E-state index in [2.05, 4.69) is 54.2 Å². The maximum Gasteiger partial charge on any atom is 0.162 e. The van der Waals surface area contributed by atoms with Gasteiger partial charge in [0.2, 0.25) is 0 Å². The largest absolute Gasteiger partial charge is 0.392 e. The first-order valence-electron chi connectivity index (χ1n) is 11.0. The standard InChI is InChI=1S/C25H40O3/c1-9-23(7)14-18(26)24(8)15(2)10-11-25(16(3)21(23)28)13-17(12-22(4,5)6)19(27)20(24)25/h9,12,15-16,18,20-21,26,28H,1,10-11,13-14H2,2-8H3/b17-12+/t15-,16+,18-,20+,21+,23-,24+,25+/m1/s1. The highest BCUT2D eigenvalue weighted by Gasteiger charge is 2.68. The van der Waals surface area contributed by atoms with Crippen LogP contribution < -0.4 is 0 Å². The fourth-order valence-electron chi connectivity index (χ4n) is 6.87. The van der Waals surface area contributed by atoms with Gasteiger partial charge in [0.1, 0.15) is 0 Å². The molecular weight excluding hydrogens is 348 g/mol. The van der Waals surface area contributed by atoms with Crippen molar-refractivity contribution in [2.75, 3.05) is 0 Å². The molecule has 8 atom stereocenters. The normalized spacial score (nSPS) is 50.8. The number of Topliss-reactive ketones (excluding diaryl/α,β-unsaturated/α-hetero) is 1. The molecule has 3 nitrogen and oxygen atoms in total. The molecule has 0 aromatic carbocycles. The van der Waals surface area contributed by atoms with Crippen LogP contribution >= 0.6 is 0 Å². The minimum absolute atomic E-state index is 0.0327. The summed E-state index contributed by atoms with van der Waals surface area (Å²) in [6, 6.07) is 0. The van der Waals surface area contributed by atoms with Crippen molar-refractivity contribution in [1.29, 1.82) is 0 Å². The molecule has 3 saturated carbocycles. The Labute approximate surface area is 171 Å². The van der Waals surface area contributed by atoms with Gasteiger partial charge in [0, 0.05) is 16.7 Å². The molecule has 0 saturated heterocycles.